The number of carbonyl (C=O) groups is 2. The fraction of sp³-hybridized carbons (Fsp3) is 0.391. The maximum absolute atomic E-state index is 13.1. The molecule has 4 rings (SSSR count). The summed E-state index contributed by atoms with van der Waals surface area (Å²) in [6, 6.07) is 17.6. The average molecular weight is 393 g/mol. The van der Waals surface area contributed by atoms with E-state index in [0.717, 1.165) is 17.0 Å². The second kappa shape index (κ2) is 8.55. The Morgan fingerprint density at radius 1 is 1.03 bits per heavy atom. The Morgan fingerprint density at radius 3 is 2.48 bits per heavy atom. The Bertz CT molecular complexity index is 863. The predicted molar refractivity (Wildman–Crippen MR) is 112 cm³/mol. The molecule has 1 atom stereocenters. The van der Waals surface area contributed by atoms with E-state index in [0.29, 0.717) is 39.0 Å². The molecule has 2 aliphatic heterocycles. The van der Waals surface area contributed by atoms with E-state index in [4.69, 9.17) is 4.74 Å². The Labute approximate surface area is 171 Å². The highest BCUT2D eigenvalue weighted by Crippen LogP contribution is 2.34. The first-order valence-corrected chi connectivity index (χ1v) is 10.3. The Morgan fingerprint density at radius 2 is 1.72 bits per heavy atom. The van der Waals surface area contributed by atoms with E-state index in [1.807, 2.05) is 66.4 Å². The SMILES string of the molecule is CC1CN(C(=O)N2CCC(C(=O)NCc3ccccc3)CC2)c2ccccc2O1. The molecule has 152 valence electrons. The van der Waals surface area contributed by atoms with Gasteiger partial charge in [-0.25, -0.2) is 4.79 Å². The second-order valence-electron chi connectivity index (χ2n) is 7.75. The predicted octanol–water partition coefficient (Wildman–Crippen LogP) is 3.42. The van der Waals surface area contributed by atoms with E-state index in [9.17, 15) is 9.59 Å². The summed E-state index contributed by atoms with van der Waals surface area (Å²) in [5.41, 5.74) is 1.91. The molecule has 0 bridgehead atoms. The molecule has 3 amide bonds. The lowest BCUT2D eigenvalue weighted by atomic mass is 9.96. The van der Waals surface area contributed by atoms with Crippen molar-refractivity contribution in [3.05, 3.63) is 60.2 Å². The van der Waals surface area contributed by atoms with Gasteiger partial charge in [-0.1, -0.05) is 42.5 Å². The molecule has 29 heavy (non-hydrogen) atoms. The number of fused-ring (bicyclic) bond motifs is 1. The number of ether oxygens (including phenoxy) is 1. The van der Waals surface area contributed by atoms with Crippen molar-refractivity contribution in [3.63, 3.8) is 0 Å². The first-order chi connectivity index (χ1) is 14.1. The molecule has 1 saturated heterocycles. The van der Waals surface area contributed by atoms with Crippen molar-refractivity contribution < 1.29 is 14.3 Å². The van der Waals surface area contributed by atoms with Gasteiger partial charge in [0.25, 0.3) is 0 Å². The van der Waals surface area contributed by atoms with Gasteiger partial charge in [0.15, 0.2) is 0 Å². The van der Waals surface area contributed by atoms with Gasteiger partial charge >= 0.3 is 6.03 Å². The summed E-state index contributed by atoms with van der Waals surface area (Å²) in [6.45, 7) is 4.24. The van der Waals surface area contributed by atoms with Crippen molar-refractivity contribution in [2.75, 3.05) is 24.5 Å². The number of anilines is 1. The number of para-hydroxylation sites is 2. The van der Waals surface area contributed by atoms with Crippen LogP contribution in [0.25, 0.3) is 0 Å². The second-order valence-corrected chi connectivity index (χ2v) is 7.75. The Balaban J connectivity index is 1.32. The number of urea groups is 1. The minimum Gasteiger partial charge on any atom is -0.487 e. The van der Waals surface area contributed by atoms with Crippen LogP contribution in [-0.4, -0.2) is 42.6 Å². The van der Waals surface area contributed by atoms with Crippen LogP contribution >= 0.6 is 0 Å². The quantitative estimate of drug-likeness (QED) is 0.869. The first kappa shape index (κ1) is 19.3. The van der Waals surface area contributed by atoms with Crippen LogP contribution < -0.4 is 15.0 Å². The van der Waals surface area contributed by atoms with Crippen LogP contribution in [0, 0.1) is 5.92 Å². The van der Waals surface area contributed by atoms with Crippen LogP contribution in [0.5, 0.6) is 5.75 Å². The third-order valence-electron chi connectivity index (χ3n) is 5.60. The van der Waals surface area contributed by atoms with Gasteiger partial charge in [-0.05, 0) is 37.5 Å². The van der Waals surface area contributed by atoms with Crippen LogP contribution in [0.2, 0.25) is 0 Å². The van der Waals surface area contributed by atoms with E-state index >= 15 is 0 Å². The number of hydrogen-bond acceptors (Lipinski definition) is 3. The van der Waals surface area contributed by atoms with Gasteiger partial charge in [0.2, 0.25) is 5.91 Å². The number of nitrogens with one attached hydrogen (secondary N) is 1. The van der Waals surface area contributed by atoms with Crippen LogP contribution in [-0.2, 0) is 11.3 Å². The van der Waals surface area contributed by atoms with Crippen LogP contribution in [0.15, 0.2) is 54.6 Å². The molecular formula is C23H27N3O3. The normalized spacial score (nSPS) is 19.3. The zero-order valence-electron chi connectivity index (χ0n) is 16.7. The largest absolute Gasteiger partial charge is 0.487 e. The molecule has 6 nitrogen and oxygen atoms in total. The van der Waals surface area contributed by atoms with Gasteiger partial charge in [-0.3, -0.25) is 9.69 Å². The average Bonchev–Trinajstić information content (AvgIpc) is 2.77. The maximum atomic E-state index is 13.1. The molecule has 2 heterocycles. The highest BCUT2D eigenvalue weighted by atomic mass is 16.5. The van der Waals surface area contributed by atoms with E-state index in [1.165, 1.54) is 0 Å². The minimum atomic E-state index is -0.0462. The summed E-state index contributed by atoms with van der Waals surface area (Å²) in [7, 11) is 0. The van der Waals surface area contributed by atoms with Gasteiger partial charge in [0.1, 0.15) is 11.9 Å². The zero-order valence-corrected chi connectivity index (χ0v) is 16.7. The van der Waals surface area contributed by atoms with Gasteiger partial charge in [-0.15, -0.1) is 0 Å². The van der Waals surface area contributed by atoms with Crippen LogP contribution in [0.1, 0.15) is 25.3 Å². The standard InChI is InChI=1S/C23H27N3O3/c1-17-16-26(20-9-5-6-10-21(20)29-17)23(28)25-13-11-19(12-14-25)22(27)24-15-18-7-3-2-4-8-18/h2-10,17,19H,11-16H2,1H3,(H,24,27). The number of rotatable bonds is 3. The molecule has 6 heteroatoms. The van der Waals surface area contributed by atoms with Crippen molar-refractivity contribution in [2.45, 2.75) is 32.4 Å². The van der Waals surface area contributed by atoms with Crippen molar-refractivity contribution in [1.29, 1.82) is 0 Å². The highest BCUT2D eigenvalue weighted by Gasteiger charge is 2.33. The van der Waals surface area contributed by atoms with Gasteiger partial charge in [0.05, 0.1) is 12.2 Å². The van der Waals surface area contributed by atoms with Crippen LogP contribution in [0.3, 0.4) is 0 Å². The molecule has 1 unspecified atom stereocenters. The number of likely N-dealkylation sites (tertiary alicyclic amines) is 1. The summed E-state index contributed by atoms with van der Waals surface area (Å²) in [6.07, 6.45) is 1.33. The molecule has 0 aliphatic carbocycles. The van der Waals surface area contributed by atoms with Gasteiger partial charge in [-0.2, -0.15) is 0 Å². The molecule has 2 aliphatic rings. The van der Waals surface area contributed by atoms with E-state index in [1.54, 1.807) is 4.90 Å². The lowest BCUT2D eigenvalue weighted by Gasteiger charge is -2.39. The molecule has 2 aromatic carbocycles. The molecule has 1 fully saturated rings. The number of amides is 3. The number of carbonyl (C=O) groups excluding carboxylic acids is 2. The summed E-state index contributed by atoms with van der Waals surface area (Å²) >= 11 is 0. The lowest BCUT2D eigenvalue weighted by molar-refractivity contribution is -0.126. The minimum absolute atomic E-state index is 0.00394. The summed E-state index contributed by atoms with van der Waals surface area (Å²) in [4.78, 5) is 29.3. The molecular weight excluding hydrogens is 366 g/mol. The van der Waals surface area contributed by atoms with Crippen molar-refractivity contribution >= 4 is 17.6 Å². The molecule has 1 N–H and O–H groups in total. The number of nitrogens with zero attached hydrogens (tertiary/aromatic N) is 2. The first-order valence-electron chi connectivity index (χ1n) is 10.3. The molecule has 0 radical (unpaired) electrons. The third-order valence-corrected chi connectivity index (χ3v) is 5.60. The molecule has 0 aromatic heterocycles. The van der Waals surface area contributed by atoms with E-state index in [-0.39, 0.29) is 24.0 Å². The lowest BCUT2D eigenvalue weighted by Crippen LogP contribution is -2.52. The number of piperidine rings is 1. The van der Waals surface area contributed by atoms with Crippen molar-refractivity contribution in [1.82, 2.24) is 10.2 Å². The van der Waals surface area contributed by atoms with Crippen LogP contribution in [0.4, 0.5) is 10.5 Å². The smallest absolute Gasteiger partial charge is 0.324 e. The maximum Gasteiger partial charge on any atom is 0.324 e. The van der Waals surface area contributed by atoms with Crippen molar-refractivity contribution in [3.8, 4) is 5.75 Å². The number of hydrogen-bond donors (Lipinski definition) is 1. The highest BCUT2D eigenvalue weighted by molar-refractivity contribution is 5.94. The Kier molecular flexibility index (Phi) is 5.69. The Hall–Kier alpha value is -3.02. The molecule has 2 aromatic rings. The summed E-state index contributed by atoms with van der Waals surface area (Å²) in [5.74, 6) is 0.778. The summed E-state index contributed by atoms with van der Waals surface area (Å²) < 4.78 is 5.85. The molecule has 0 spiro atoms. The molecule has 0 saturated carbocycles. The fourth-order valence-corrected chi connectivity index (χ4v) is 4.00. The van der Waals surface area contributed by atoms with Gasteiger partial charge in [0, 0.05) is 25.6 Å². The topological polar surface area (TPSA) is 61.9 Å². The summed E-state index contributed by atoms with van der Waals surface area (Å²) in [5, 5.41) is 3.03. The zero-order chi connectivity index (χ0) is 20.2. The third kappa shape index (κ3) is 4.36. The fourth-order valence-electron chi connectivity index (χ4n) is 4.00. The monoisotopic (exact) mass is 393 g/mol. The number of benzene rings is 2. The van der Waals surface area contributed by atoms with E-state index < -0.39 is 0 Å². The van der Waals surface area contributed by atoms with E-state index in [2.05, 4.69) is 5.32 Å². The van der Waals surface area contributed by atoms with Crippen molar-refractivity contribution in [2.24, 2.45) is 5.92 Å². The van der Waals surface area contributed by atoms with Gasteiger partial charge < -0.3 is 15.0 Å².